The number of imidazole rings is 1. The molecule has 0 radical (unpaired) electrons. The zero-order chi connectivity index (χ0) is 18.8. The van der Waals surface area contributed by atoms with Crippen LogP contribution in [0.1, 0.15) is 16.7 Å². The zero-order valence-corrected chi connectivity index (χ0v) is 16.5. The lowest BCUT2D eigenvalue weighted by atomic mass is 10.1. The number of aromatic amines is 1. The molecule has 0 saturated heterocycles. The monoisotopic (exact) mass is 390 g/mol. The summed E-state index contributed by atoms with van der Waals surface area (Å²) in [7, 11) is 2.70. The molecule has 0 aliphatic carbocycles. The maximum atomic E-state index is 6.38. The molecular formula is C22H16ClN2OP. The molecule has 0 aliphatic heterocycles. The van der Waals surface area contributed by atoms with Crippen LogP contribution < -0.4 is 10.0 Å². The molecule has 132 valence electrons. The number of benzene rings is 3. The molecular weight excluding hydrogens is 375 g/mol. The lowest BCUT2D eigenvalue weighted by Gasteiger charge is -2.04. The van der Waals surface area contributed by atoms with Gasteiger partial charge in [0.15, 0.2) is 0 Å². The number of halogens is 1. The Morgan fingerprint density at radius 1 is 1.04 bits per heavy atom. The highest BCUT2D eigenvalue weighted by Crippen LogP contribution is 2.26. The number of H-pyrrole nitrogens is 1. The van der Waals surface area contributed by atoms with Gasteiger partial charge < -0.3 is 9.72 Å². The van der Waals surface area contributed by atoms with Crippen LogP contribution in [0.4, 0.5) is 0 Å². The largest absolute Gasteiger partial charge is 0.426 e. The van der Waals surface area contributed by atoms with E-state index in [4.69, 9.17) is 16.3 Å². The number of hydrogen-bond acceptors (Lipinski definition) is 2. The topological polar surface area (TPSA) is 37.9 Å². The Hall–Kier alpha value is -2.79. The summed E-state index contributed by atoms with van der Waals surface area (Å²) >= 11 is 6.38. The van der Waals surface area contributed by atoms with Crippen molar-refractivity contribution in [2.24, 2.45) is 0 Å². The summed E-state index contributed by atoms with van der Waals surface area (Å²) in [5, 5.41) is 1.66. The fourth-order valence-electron chi connectivity index (χ4n) is 2.61. The number of fused-ring (bicyclic) bond motifs is 1. The Balaban J connectivity index is 1.65. The van der Waals surface area contributed by atoms with Crippen LogP contribution in [0, 0.1) is 18.8 Å². The molecule has 0 bridgehead atoms. The molecule has 3 nitrogen and oxygen atoms in total. The lowest BCUT2D eigenvalue weighted by Crippen LogP contribution is -1.97. The summed E-state index contributed by atoms with van der Waals surface area (Å²) in [6.07, 6.45) is 0. The number of nitrogens with one attached hydrogen (secondary N) is 1. The van der Waals surface area contributed by atoms with E-state index in [0.717, 1.165) is 33.2 Å². The Morgan fingerprint density at radius 3 is 2.63 bits per heavy atom. The SMILES string of the molecule is Cc1ccc(Oc2nc3cc(C#Cc4ccccc4)c(Cl)cc3[nH]2)cc1P. The highest BCUT2D eigenvalue weighted by molar-refractivity contribution is 7.27. The maximum absolute atomic E-state index is 6.38. The summed E-state index contributed by atoms with van der Waals surface area (Å²) in [6.45, 7) is 2.05. The van der Waals surface area contributed by atoms with Crippen molar-refractivity contribution < 1.29 is 4.74 Å². The minimum atomic E-state index is 0.419. The van der Waals surface area contributed by atoms with Gasteiger partial charge in [0.1, 0.15) is 5.75 Å². The van der Waals surface area contributed by atoms with Gasteiger partial charge in [0.05, 0.1) is 16.1 Å². The molecule has 0 aliphatic rings. The van der Waals surface area contributed by atoms with Gasteiger partial charge in [-0.1, -0.05) is 47.7 Å². The van der Waals surface area contributed by atoms with Crippen molar-refractivity contribution in [2.45, 2.75) is 6.92 Å². The predicted octanol–water partition coefficient (Wildman–Crippen LogP) is 5.22. The maximum Gasteiger partial charge on any atom is 0.300 e. The second-order valence-electron chi connectivity index (χ2n) is 6.13. The highest BCUT2D eigenvalue weighted by atomic mass is 35.5. The van der Waals surface area contributed by atoms with E-state index in [1.807, 2.05) is 67.6 Å². The van der Waals surface area contributed by atoms with Gasteiger partial charge in [0.2, 0.25) is 0 Å². The third kappa shape index (κ3) is 3.98. The van der Waals surface area contributed by atoms with E-state index < -0.39 is 0 Å². The zero-order valence-electron chi connectivity index (χ0n) is 14.6. The summed E-state index contributed by atoms with van der Waals surface area (Å²) < 4.78 is 5.85. The van der Waals surface area contributed by atoms with Gasteiger partial charge in [0.25, 0.3) is 6.01 Å². The highest BCUT2D eigenvalue weighted by Gasteiger charge is 2.09. The Labute approximate surface area is 164 Å². The molecule has 0 amide bonds. The molecule has 0 spiro atoms. The Bertz CT molecular complexity index is 1190. The van der Waals surface area contributed by atoms with Crippen molar-refractivity contribution in [3.63, 3.8) is 0 Å². The minimum absolute atomic E-state index is 0.419. The van der Waals surface area contributed by atoms with Crippen LogP contribution in [0.2, 0.25) is 5.02 Å². The molecule has 1 atom stereocenters. The van der Waals surface area contributed by atoms with Crippen molar-refractivity contribution in [3.8, 4) is 23.6 Å². The van der Waals surface area contributed by atoms with Crippen molar-refractivity contribution in [1.29, 1.82) is 0 Å². The molecule has 5 heteroatoms. The number of aryl methyl sites for hydroxylation is 1. The van der Waals surface area contributed by atoms with Crippen LogP contribution in [0.5, 0.6) is 11.8 Å². The average molecular weight is 391 g/mol. The number of nitrogens with zero attached hydrogens (tertiary/aromatic N) is 1. The van der Waals surface area contributed by atoms with Crippen LogP contribution in [-0.4, -0.2) is 9.97 Å². The van der Waals surface area contributed by atoms with Gasteiger partial charge in [-0.05, 0) is 54.2 Å². The summed E-state index contributed by atoms with van der Waals surface area (Å²) in [5.74, 6) is 6.96. The number of aromatic nitrogens is 2. The average Bonchev–Trinajstić information content (AvgIpc) is 3.04. The quantitative estimate of drug-likeness (QED) is 0.376. The number of rotatable bonds is 2. The fraction of sp³-hybridized carbons (Fsp3) is 0.0455. The first-order valence-electron chi connectivity index (χ1n) is 8.39. The predicted molar refractivity (Wildman–Crippen MR) is 114 cm³/mol. The van der Waals surface area contributed by atoms with Crippen molar-refractivity contribution in [1.82, 2.24) is 9.97 Å². The second kappa shape index (κ2) is 7.45. The van der Waals surface area contributed by atoms with E-state index in [0.29, 0.717) is 11.0 Å². The first-order chi connectivity index (χ1) is 13.1. The van der Waals surface area contributed by atoms with E-state index in [2.05, 4.69) is 31.0 Å². The molecule has 3 aromatic carbocycles. The van der Waals surface area contributed by atoms with Crippen molar-refractivity contribution in [2.75, 3.05) is 0 Å². The summed E-state index contributed by atoms with van der Waals surface area (Å²) in [4.78, 5) is 7.65. The van der Waals surface area contributed by atoms with Crippen LogP contribution in [-0.2, 0) is 0 Å². The molecule has 0 fully saturated rings. The van der Waals surface area contributed by atoms with Gasteiger partial charge in [0, 0.05) is 11.1 Å². The van der Waals surface area contributed by atoms with Crippen molar-refractivity contribution in [3.05, 3.63) is 82.4 Å². The van der Waals surface area contributed by atoms with Crippen LogP contribution in [0.3, 0.4) is 0 Å². The smallest absolute Gasteiger partial charge is 0.300 e. The van der Waals surface area contributed by atoms with Gasteiger partial charge in [-0.2, -0.15) is 4.98 Å². The molecule has 4 aromatic rings. The molecule has 1 aromatic heterocycles. The first-order valence-corrected chi connectivity index (χ1v) is 9.34. The van der Waals surface area contributed by atoms with Crippen LogP contribution >= 0.6 is 20.8 Å². The van der Waals surface area contributed by atoms with Crippen LogP contribution in [0.25, 0.3) is 11.0 Å². The molecule has 1 heterocycles. The standard InChI is InChI=1S/C22H16ClN2OP/c1-14-7-10-17(12-21(14)27)26-22-24-19-11-16(18(23)13-20(19)25-22)9-8-15-5-3-2-4-6-15/h2-7,10-13H,27H2,1H3,(H,24,25). The minimum Gasteiger partial charge on any atom is -0.426 e. The van der Waals surface area contributed by atoms with E-state index >= 15 is 0 Å². The third-order valence-electron chi connectivity index (χ3n) is 4.13. The Kier molecular flexibility index (Phi) is 4.86. The van der Waals surface area contributed by atoms with E-state index in [1.165, 1.54) is 5.56 Å². The Morgan fingerprint density at radius 2 is 1.85 bits per heavy atom. The van der Waals surface area contributed by atoms with Crippen molar-refractivity contribution >= 4 is 37.2 Å². The summed E-state index contributed by atoms with van der Waals surface area (Å²) in [5.41, 5.74) is 4.41. The van der Waals surface area contributed by atoms with Gasteiger partial charge in [-0.3, -0.25) is 0 Å². The number of hydrogen-bond donors (Lipinski definition) is 1. The second-order valence-corrected chi connectivity index (χ2v) is 7.16. The molecule has 4 rings (SSSR count). The number of ether oxygens (including phenoxy) is 1. The molecule has 1 unspecified atom stereocenters. The van der Waals surface area contributed by atoms with Gasteiger partial charge in [-0.15, -0.1) is 9.24 Å². The van der Waals surface area contributed by atoms with E-state index in [9.17, 15) is 0 Å². The first kappa shape index (κ1) is 17.6. The van der Waals surface area contributed by atoms with Gasteiger partial charge in [-0.25, -0.2) is 0 Å². The van der Waals surface area contributed by atoms with E-state index in [1.54, 1.807) is 0 Å². The van der Waals surface area contributed by atoms with Gasteiger partial charge >= 0.3 is 0 Å². The van der Waals surface area contributed by atoms with E-state index in [-0.39, 0.29) is 0 Å². The lowest BCUT2D eigenvalue weighted by molar-refractivity contribution is 0.449. The third-order valence-corrected chi connectivity index (χ3v) is 5.06. The molecule has 27 heavy (non-hydrogen) atoms. The summed E-state index contributed by atoms with van der Waals surface area (Å²) in [6, 6.07) is 19.8. The molecule has 1 N–H and O–H groups in total. The fourth-order valence-corrected chi connectivity index (χ4v) is 3.08. The normalized spacial score (nSPS) is 10.5. The molecule has 0 saturated carbocycles. The van der Waals surface area contributed by atoms with Crippen LogP contribution in [0.15, 0.2) is 60.7 Å².